The molecule has 0 aliphatic heterocycles. The van der Waals surface area contributed by atoms with E-state index >= 15 is 0 Å². The van der Waals surface area contributed by atoms with Crippen LogP contribution < -0.4 is 5.32 Å². The quantitative estimate of drug-likeness (QED) is 0.830. The van der Waals surface area contributed by atoms with E-state index in [2.05, 4.69) is 70.7 Å². The number of halogens is 1. The van der Waals surface area contributed by atoms with Crippen LogP contribution in [-0.4, -0.2) is 16.3 Å². The molecule has 1 aromatic heterocycles. The van der Waals surface area contributed by atoms with Gasteiger partial charge in [0.05, 0.1) is 6.20 Å². The Labute approximate surface area is 129 Å². The van der Waals surface area contributed by atoms with Crippen LogP contribution in [0.4, 0.5) is 0 Å². The van der Waals surface area contributed by atoms with Crippen LogP contribution in [0.3, 0.4) is 0 Å². The van der Waals surface area contributed by atoms with Gasteiger partial charge in [0.25, 0.3) is 0 Å². The molecule has 0 bridgehead atoms. The lowest BCUT2D eigenvalue weighted by molar-refractivity contribution is 0.528. The van der Waals surface area contributed by atoms with E-state index < -0.39 is 0 Å². The van der Waals surface area contributed by atoms with Crippen molar-refractivity contribution in [3.05, 3.63) is 52.3 Å². The lowest BCUT2D eigenvalue weighted by atomic mass is 10.0. The normalized spacial score (nSPS) is 12.6. The molecule has 2 aromatic rings. The number of aryl methyl sites for hydroxylation is 1. The van der Waals surface area contributed by atoms with Gasteiger partial charge in [-0.15, -0.1) is 0 Å². The smallest absolute Gasteiger partial charge is 0.0537 e. The predicted octanol–water partition coefficient (Wildman–Crippen LogP) is 3.95. The number of hydrogen-bond donors (Lipinski definition) is 1. The van der Waals surface area contributed by atoms with E-state index in [1.807, 2.05) is 10.9 Å². The molecule has 1 aromatic carbocycles. The Hall–Kier alpha value is -1.13. The summed E-state index contributed by atoms with van der Waals surface area (Å²) in [5.74, 6) is 0. The lowest BCUT2D eigenvalue weighted by Crippen LogP contribution is -2.23. The predicted molar refractivity (Wildman–Crippen MR) is 86.8 cm³/mol. The van der Waals surface area contributed by atoms with Crippen molar-refractivity contribution in [1.29, 1.82) is 0 Å². The standard InChI is InChI=1S/C16H22BrN3/c1-3-8-18-16(14-11-19-20(4-2)12-14)10-13-6-5-7-15(17)9-13/h5-7,9,11-12,16,18H,3-4,8,10H2,1-2H3. The molecule has 108 valence electrons. The van der Waals surface area contributed by atoms with E-state index in [0.717, 1.165) is 30.4 Å². The minimum atomic E-state index is 0.324. The van der Waals surface area contributed by atoms with Gasteiger partial charge in [-0.05, 0) is 44.0 Å². The number of benzene rings is 1. The van der Waals surface area contributed by atoms with Crippen molar-refractivity contribution in [2.24, 2.45) is 0 Å². The summed E-state index contributed by atoms with van der Waals surface area (Å²) >= 11 is 3.54. The maximum absolute atomic E-state index is 4.39. The zero-order valence-corrected chi connectivity index (χ0v) is 13.7. The minimum Gasteiger partial charge on any atom is -0.310 e. The van der Waals surface area contributed by atoms with Gasteiger partial charge < -0.3 is 5.32 Å². The molecule has 1 atom stereocenters. The average Bonchev–Trinajstić information content (AvgIpc) is 2.92. The zero-order valence-electron chi connectivity index (χ0n) is 12.1. The largest absolute Gasteiger partial charge is 0.310 e. The number of aromatic nitrogens is 2. The molecule has 4 heteroatoms. The Kier molecular flexibility index (Phi) is 5.80. The van der Waals surface area contributed by atoms with Crippen molar-refractivity contribution in [2.75, 3.05) is 6.54 Å². The summed E-state index contributed by atoms with van der Waals surface area (Å²) in [4.78, 5) is 0. The minimum absolute atomic E-state index is 0.324. The van der Waals surface area contributed by atoms with E-state index in [1.165, 1.54) is 11.1 Å². The van der Waals surface area contributed by atoms with Crippen molar-refractivity contribution < 1.29 is 0 Å². The van der Waals surface area contributed by atoms with Crippen LogP contribution in [-0.2, 0) is 13.0 Å². The summed E-state index contributed by atoms with van der Waals surface area (Å²) in [6.07, 6.45) is 6.24. The first-order valence-electron chi connectivity index (χ1n) is 7.23. The fourth-order valence-corrected chi connectivity index (χ4v) is 2.71. The van der Waals surface area contributed by atoms with E-state index in [0.29, 0.717) is 6.04 Å². The number of rotatable bonds is 7. The summed E-state index contributed by atoms with van der Waals surface area (Å²) in [5.41, 5.74) is 2.59. The highest BCUT2D eigenvalue weighted by molar-refractivity contribution is 9.10. The van der Waals surface area contributed by atoms with Gasteiger partial charge in [0.2, 0.25) is 0 Å². The molecule has 20 heavy (non-hydrogen) atoms. The second-order valence-electron chi connectivity index (χ2n) is 4.97. The van der Waals surface area contributed by atoms with Crippen molar-refractivity contribution >= 4 is 15.9 Å². The van der Waals surface area contributed by atoms with Gasteiger partial charge in [0.1, 0.15) is 0 Å². The summed E-state index contributed by atoms with van der Waals surface area (Å²) in [6, 6.07) is 8.84. The Balaban J connectivity index is 2.14. The monoisotopic (exact) mass is 335 g/mol. The topological polar surface area (TPSA) is 29.9 Å². The summed E-state index contributed by atoms with van der Waals surface area (Å²) in [5, 5.41) is 8.01. The summed E-state index contributed by atoms with van der Waals surface area (Å²) in [6.45, 7) is 6.24. The molecule has 2 rings (SSSR count). The molecule has 0 aliphatic carbocycles. The van der Waals surface area contributed by atoms with Gasteiger partial charge in [-0.2, -0.15) is 5.10 Å². The fraction of sp³-hybridized carbons (Fsp3) is 0.438. The molecule has 0 radical (unpaired) electrons. The number of hydrogen-bond acceptors (Lipinski definition) is 2. The zero-order chi connectivity index (χ0) is 14.4. The van der Waals surface area contributed by atoms with Crippen LogP contribution in [0.1, 0.15) is 37.4 Å². The van der Waals surface area contributed by atoms with E-state index in [1.54, 1.807) is 0 Å². The molecule has 0 spiro atoms. The van der Waals surface area contributed by atoms with Gasteiger partial charge >= 0.3 is 0 Å². The third-order valence-corrected chi connectivity index (χ3v) is 3.84. The summed E-state index contributed by atoms with van der Waals surface area (Å²) in [7, 11) is 0. The summed E-state index contributed by atoms with van der Waals surface area (Å²) < 4.78 is 3.12. The van der Waals surface area contributed by atoms with Gasteiger partial charge in [-0.1, -0.05) is 35.0 Å². The van der Waals surface area contributed by atoms with Crippen molar-refractivity contribution in [3.63, 3.8) is 0 Å². The average molecular weight is 336 g/mol. The molecular weight excluding hydrogens is 314 g/mol. The maximum Gasteiger partial charge on any atom is 0.0537 e. The van der Waals surface area contributed by atoms with Gasteiger partial charge in [-0.25, -0.2) is 0 Å². The van der Waals surface area contributed by atoms with Crippen LogP contribution in [0.25, 0.3) is 0 Å². The SMILES string of the molecule is CCCNC(Cc1cccc(Br)c1)c1cnn(CC)c1. The lowest BCUT2D eigenvalue weighted by Gasteiger charge is -2.17. The fourth-order valence-electron chi connectivity index (χ4n) is 2.26. The number of nitrogens with one attached hydrogen (secondary N) is 1. The Morgan fingerprint density at radius 3 is 2.85 bits per heavy atom. The number of nitrogens with zero attached hydrogens (tertiary/aromatic N) is 2. The molecule has 1 N–H and O–H groups in total. The highest BCUT2D eigenvalue weighted by Crippen LogP contribution is 2.20. The third kappa shape index (κ3) is 4.18. The van der Waals surface area contributed by atoms with Crippen LogP contribution in [0, 0.1) is 0 Å². The molecular formula is C16H22BrN3. The van der Waals surface area contributed by atoms with Crippen molar-refractivity contribution in [1.82, 2.24) is 15.1 Å². The van der Waals surface area contributed by atoms with Crippen molar-refractivity contribution in [3.8, 4) is 0 Å². The molecule has 3 nitrogen and oxygen atoms in total. The van der Waals surface area contributed by atoms with Crippen LogP contribution >= 0.6 is 15.9 Å². The molecule has 0 aliphatic rings. The highest BCUT2D eigenvalue weighted by atomic mass is 79.9. The first-order chi connectivity index (χ1) is 9.72. The van der Waals surface area contributed by atoms with Gasteiger partial charge in [0.15, 0.2) is 0 Å². The van der Waals surface area contributed by atoms with Crippen LogP contribution in [0.5, 0.6) is 0 Å². The van der Waals surface area contributed by atoms with E-state index in [-0.39, 0.29) is 0 Å². The second-order valence-corrected chi connectivity index (χ2v) is 5.89. The highest BCUT2D eigenvalue weighted by Gasteiger charge is 2.13. The van der Waals surface area contributed by atoms with Crippen molar-refractivity contribution in [2.45, 2.75) is 39.3 Å². The third-order valence-electron chi connectivity index (χ3n) is 3.35. The Bertz CT molecular complexity index is 536. The first kappa shape index (κ1) is 15.3. The van der Waals surface area contributed by atoms with E-state index in [4.69, 9.17) is 0 Å². The first-order valence-corrected chi connectivity index (χ1v) is 8.02. The van der Waals surface area contributed by atoms with Gasteiger partial charge in [0, 0.05) is 28.8 Å². The Morgan fingerprint density at radius 2 is 2.20 bits per heavy atom. The maximum atomic E-state index is 4.39. The molecule has 0 saturated heterocycles. The van der Waals surface area contributed by atoms with Crippen LogP contribution in [0.15, 0.2) is 41.1 Å². The molecule has 0 amide bonds. The van der Waals surface area contributed by atoms with Gasteiger partial charge in [-0.3, -0.25) is 4.68 Å². The van der Waals surface area contributed by atoms with Crippen LogP contribution in [0.2, 0.25) is 0 Å². The Morgan fingerprint density at radius 1 is 1.35 bits per heavy atom. The molecule has 1 unspecified atom stereocenters. The molecule has 0 saturated carbocycles. The molecule has 1 heterocycles. The van der Waals surface area contributed by atoms with E-state index in [9.17, 15) is 0 Å². The molecule has 0 fully saturated rings. The second kappa shape index (κ2) is 7.60.